The predicted octanol–water partition coefficient (Wildman–Crippen LogP) is 4.69. The summed E-state index contributed by atoms with van der Waals surface area (Å²) in [5.74, 6) is 0. The first-order valence-corrected chi connectivity index (χ1v) is 18.1. The fraction of sp³-hybridized carbons (Fsp3) is 0.720. The minimum atomic E-state index is -2.13. The first-order chi connectivity index (χ1) is 15.8. The molecule has 0 aromatic carbocycles. The van der Waals surface area contributed by atoms with Gasteiger partial charge in [-0.1, -0.05) is 41.5 Å². The lowest BCUT2D eigenvalue weighted by Gasteiger charge is -2.40. The molecule has 2 rings (SSSR count). The molecule has 1 aromatic heterocycles. The van der Waals surface area contributed by atoms with Gasteiger partial charge in [0.25, 0.3) is 5.56 Å². The normalized spacial score (nSPS) is 22.2. The molecule has 0 amide bonds. The van der Waals surface area contributed by atoms with E-state index in [0.29, 0.717) is 24.9 Å². The van der Waals surface area contributed by atoms with Gasteiger partial charge in [0.05, 0.1) is 12.7 Å². The molecule has 1 aromatic rings. The molecule has 0 unspecified atom stereocenters. The van der Waals surface area contributed by atoms with E-state index in [0.717, 1.165) is 10.6 Å². The minimum Gasteiger partial charge on any atom is -0.414 e. The van der Waals surface area contributed by atoms with E-state index in [1.807, 2.05) is 0 Å². The standard InChI is InChI=1S/C25H44N2O6Si2/c1-18-16-27(23(30)26(22(18)29)13-12-14-28)21-15-19(33-35(10,11)25(5,6)7)20(32-21)17-31-34(8,9)24(2,3)4/h12-14,16,19-21H,15,17H2,1-11H3/b13-12+/t19-,20+,21+/m0/s1. The van der Waals surface area contributed by atoms with E-state index in [-0.39, 0.29) is 22.3 Å². The van der Waals surface area contributed by atoms with Gasteiger partial charge in [-0.05, 0) is 49.3 Å². The van der Waals surface area contributed by atoms with E-state index in [1.54, 1.807) is 6.92 Å². The van der Waals surface area contributed by atoms with Crippen molar-refractivity contribution in [3.05, 3.63) is 38.7 Å². The van der Waals surface area contributed by atoms with Crippen LogP contribution in [0.15, 0.2) is 21.9 Å². The van der Waals surface area contributed by atoms with Crippen molar-refractivity contribution >= 4 is 29.1 Å². The zero-order valence-corrected chi connectivity index (χ0v) is 25.3. The van der Waals surface area contributed by atoms with Gasteiger partial charge in [0.1, 0.15) is 18.6 Å². The van der Waals surface area contributed by atoms with Crippen molar-refractivity contribution in [2.75, 3.05) is 6.61 Å². The summed E-state index contributed by atoms with van der Waals surface area (Å²) >= 11 is 0. The monoisotopic (exact) mass is 524 g/mol. The molecule has 1 saturated heterocycles. The van der Waals surface area contributed by atoms with Crippen molar-refractivity contribution in [3.63, 3.8) is 0 Å². The Morgan fingerprint density at radius 3 is 2.14 bits per heavy atom. The highest BCUT2D eigenvalue weighted by atomic mass is 28.4. The van der Waals surface area contributed by atoms with Gasteiger partial charge >= 0.3 is 5.69 Å². The molecular weight excluding hydrogens is 480 g/mol. The molecule has 1 aliphatic rings. The number of aldehydes is 1. The number of hydrogen-bond donors (Lipinski definition) is 0. The van der Waals surface area contributed by atoms with Gasteiger partial charge in [0, 0.05) is 24.4 Å². The third-order valence-corrected chi connectivity index (χ3v) is 16.8. The second-order valence-electron chi connectivity index (χ2n) is 12.5. The Kier molecular flexibility index (Phi) is 8.81. The molecule has 0 spiro atoms. The van der Waals surface area contributed by atoms with E-state index in [9.17, 15) is 14.4 Å². The van der Waals surface area contributed by atoms with Gasteiger partial charge < -0.3 is 13.6 Å². The summed E-state index contributed by atoms with van der Waals surface area (Å²) in [6.07, 6.45) is 3.64. The van der Waals surface area contributed by atoms with Gasteiger partial charge in [0.15, 0.2) is 16.6 Å². The molecular formula is C25H44N2O6Si2. The van der Waals surface area contributed by atoms with Crippen LogP contribution in [0.2, 0.25) is 36.3 Å². The van der Waals surface area contributed by atoms with Gasteiger partial charge in [-0.15, -0.1) is 0 Å². The van der Waals surface area contributed by atoms with Gasteiger partial charge in [-0.3, -0.25) is 14.2 Å². The van der Waals surface area contributed by atoms with Crippen LogP contribution in [0.3, 0.4) is 0 Å². The fourth-order valence-corrected chi connectivity index (χ4v) is 5.76. The second-order valence-corrected chi connectivity index (χ2v) is 22.1. The first-order valence-electron chi connectivity index (χ1n) is 12.3. The van der Waals surface area contributed by atoms with Crippen LogP contribution in [0.1, 0.15) is 59.8 Å². The molecule has 0 bridgehead atoms. The van der Waals surface area contributed by atoms with Crippen molar-refractivity contribution in [1.29, 1.82) is 0 Å². The van der Waals surface area contributed by atoms with Crippen LogP contribution in [0.4, 0.5) is 0 Å². The molecule has 35 heavy (non-hydrogen) atoms. The number of rotatable bonds is 8. The maximum Gasteiger partial charge on any atom is 0.337 e. The molecule has 0 aliphatic carbocycles. The molecule has 8 nitrogen and oxygen atoms in total. The predicted molar refractivity (Wildman–Crippen MR) is 145 cm³/mol. The number of carbonyl (C=O) groups excluding carboxylic acids is 1. The molecule has 0 radical (unpaired) electrons. The molecule has 0 N–H and O–H groups in total. The van der Waals surface area contributed by atoms with E-state index in [4.69, 9.17) is 13.6 Å². The summed E-state index contributed by atoms with van der Waals surface area (Å²) in [6, 6.07) is 0. The second kappa shape index (κ2) is 10.4. The Balaban J connectivity index is 2.45. The maximum absolute atomic E-state index is 13.2. The Morgan fingerprint density at radius 2 is 1.63 bits per heavy atom. The van der Waals surface area contributed by atoms with Crippen LogP contribution in [-0.4, -0.2) is 50.9 Å². The van der Waals surface area contributed by atoms with Crippen LogP contribution in [0, 0.1) is 6.92 Å². The van der Waals surface area contributed by atoms with Gasteiger partial charge in [0.2, 0.25) is 0 Å². The van der Waals surface area contributed by atoms with Crippen LogP contribution >= 0.6 is 0 Å². The van der Waals surface area contributed by atoms with Crippen molar-refractivity contribution in [1.82, 2.24) is 9.13 Å². The highest BCUT2D eigenvalue weighted by Crippen LogP contribution is 2.42. The van der Waals surface area contributed by atoms with Gasteiger partial charge in [-0.2, -0.15) is 0 Å². The summed E-state index contributed by atoms with van der Waals surface area (Å²) in [7, 11) is -4.16. The van der Waals surface area contributed by atoms with Crippen molar-refractivity contribution in [3.8, 4) is 0 Å². The van der Waals surface area contributed by atoms with Crippen molar-refractivity contribution < 1.29 is 18.4 Å². The summed E-state index contributed by atoms with van der Waals surface area (Å²) in [4.78, 5) is 36.5. The summed E-state index contributed by atoms with van der Waals surface area (Å²) in [5, 5.41) is 0.0610. The van der Waals surface area contributed by atoms with Crippen LogP contribution in [0.25, 0.3) is 6.20 Å². The third kappa shape index (κ3) is 6.59. The average molecular weight is 525 g/mol. The highest BCUT2D eigenvalue weighted by molar-refractivity contribution is 6.74. The number of aromatic nitrogens is 2. The van der Waals surface area contributed by atoms with E-state index >= 15 is 0 Å². The zero-order valence-electron chi connectivity index (χ0n) is 23.3. The largest absolute Gasteiger partial charge is 0.414 e. The molecule has 2 heterocycles. The number of aryl methyl sites for hydroxylation is 1. The van der Waals surface area contributed by atoms with Crippen LogP contribution < -0.4 is 11.2 Å². The topological polar surface area (TPSA) is 88.8 Å². The number of ether oxygens (including phenoxy) is 1. The SMILES string of the molecule is Cc1cn([C@H]2C[C@H](O[Si](C)(C)C(C)(C)C)[C@@H](CO[Si](C)(C)C(C)(C)C)O2)c(=O)n(/C=C/C=O)c1=O. The third-order valence-electron chi connectivity index (χ3n) is 7.79. The summed E-state index contributed by atoms with van der Waals surface area (Å²) < 4.78 is 22.1. The molecule has 1 aliphatic heterocycles. The van der Waals surface area contributed by atoms with Crippen molar-refractivity contribution in [2.24, 2.45) is 0 Å². The lowest BCUT2D eigenvalue weighted by Crippen LogP contribution is -2.48. The first kappa shape index (κ1) is 29.6. The lowest BCUT2D eigenvalue weighted by molar-refractivity contribution is -0.104. The van der Waals surface area contributed by atoms with E-state index < -0.39 is 34.1 Å². The zero-order chi connectivity index (χ0) is 27.0. The summed E-state index contributed by atoms with van der Waals surface area (Å²) in [5.41, 5.74) is -0.637. The molecule has 0 saturated carbocycles. The molecule has 1 fully saturated rings. The number of nitrogens with zero attached hydrogens (tertiary/aromatic N) is 2. The van der Waals surface area contributed by atoms with Gasteiger partial charge in [-0.25, -0.2) is 9.36 Å². The molecule has 198 valence electrons. The lowest BCUT2D eigenvalue weighted by atomic mass is 10.2. The molecule has 10 heteroatoms. The van der Waals surface area contributed by atoms with E-state index in [1.165, 1.54) is 17.0 Å². The van der Waals surface area contributed by atoms with Crippen molar-refractivity contribution in [2.45, 2.75) is 110 Å². The Hall–Kier alpha value is -1.60. The summed E-state index contributed by atoms with van der Waals surface area (Å²) in [6.45, 7) is 24.0. The fourth-order valence-electron chi connectivity index (χ4n) is 3.39. The highest BCUT2D eigenvalue weighted by Gasteiger charge is 2.46. The average Bonchev–Trinajstić information content (AvgIpc) is 3.09. The van der Waals surface area contributed by atoms with Crippen LogP contribution in [-0.2, 0) is 18.4 Å². The Labute approximate surface area is 211 Å². The maximum atomic E-state index is 13.2. The van der Waals surface area contributed by atoms with E-state index in [2.05, 4.69) is 67.7 Å². The Bertz CT molecular complexity index is 1060. The van der Waals surface area contributed by atoms with Crippen LogP contribution in [0.5, 0.6) is 0 Å². The Morgan fingerprint density at radius 1 is 1.06 bits per heavy atom. The quantitative estimate of drug-likeness (QED) is 0.279. The minimum absolute atomic E-state index is 0.0101. The number of carbonyl (C=O) groups is 1. The number of allylic oxidation sites excluding steroid dienone is 1. The smallest absolute Gasteiger partial charge is 0.337 e. The number of hydrogen-bond acceptors (Lipinski definition) is 6. The molecule has 3 atom stereocenters.